The zero-order valence-electron chi connectivity index (χ0n) is 11.2. The highest BCUT2D eigenvalue weighted by Gasteiger charge is 2.27. The van der Waals surface area contributed by atoms with Crippen molar-refractivity contribution in [2.75, 3.05) is 0 Å². The van der Waals surface area contributed by atoms with E-state index >= 15 is 0 Å². The summed E-state index contributed by atoms with van der Waals surface area (Å²) in [6.07, 6.45) is 9.09. The van der Waals surface area contributed by atoms with Crippen LogP contribution < -0.4 is 10.6 Å². The van der Waals surface area contributed by atoms with E-state index in [0.717, 1.165) is 18.8 Å². The van der Waals surface area contributed by atoms with Gasteiger partial charge in [-0.25, -0.2) is 0 Å². The van der Waals surface area contributed by atoms with Crippen molar-refractivity contribution in [1.82, 2.24) is 10.6 Å². The van der Waals surface area contributed by atoms with Crippen LogP contribution in [0.1, 0.15) is 58.8 Å². The van der Waals surface area contributed by atoms with E-state index in [2.05, 4.69) is 17.6 Å². The summed E-state index contributed by atoms with van der Waals surface area (Å²) in [6.45, 7) is 4.22. The summed E-state index contributed by atoms with van der Waals surface area (Å²) < 4.78 is 0. The van der Waals surface area contributed by atoms with Crippen LogP contribution in [0, 0.1) is 5.92 Å². The van der Waals surface area contributed by atoms with Gasteiger partial charge in [0.15, 0.2) is 0 Å². The number of carbonyl (C=O) groups excluding carboxylic acids is 1. The van der Waals surface area contributed by atoms with Gasteiger partial charge in [-0.2, -0.15) is 0 Å². The second kappa shape index (κ2) is 5.85. The highest BCUT2D eigenvalue weighted by atomic mass is 16.2. The summed E-state index contributed by atoms with van der Waals surface area (Å²) in [4.78, 5) is 11.8. The fraction of sp³-hybridized carbons (Fsp3) is 0.929. The number of hydrogen-bond acceptors (Lipinski definition) is 2. The lowest BCUT2D eigenvalue weighted by Gasteiger charge is -2.30. The predicted molar refractivity (Wildman–Crippen MR) is 69.8 cm³/mol. The topological polar surface area (TPSA) is 41.1 Å². The lowest BCUT2D eigenvalue weighted by Crippen LogP contribution is -2.48. The molecule has 2 saturated carbocycles. The molecule has 0 aliphatic heterocycles. The Kier molecular flexibility index (Phi) is 4.43. The third-order valence-corrected chi connectivity index (χ3v) is 4.19. The summed E-state index contributed by atoms with van der Waals surface area (Å²) >= 11 is 0. The molecule has 0 aromatic carbocycles. The first-order chi connectivity index (χ1) is 8.16. The molecular weight excluding hydrogens is 212 g/mol. The van der Waals surface area contributed by atoms with Crippen molar-refractivity contribution in [1.29, 1.82) is 0 Å². The minimum absolute atomic E-state index is 0.0486. The molecule has 2 aliphatic carbocycles. The molecule has 2 atom stereocenters. The maximum absolute atomic E-state index is 11.8. The number of nitrogens with one attached hydrogen (secondary N) is 2. The van der Waals surface area contributed by atoms with Crippen LogP contribution in [0.25, 0.3) is 0 Å². The van der Waals surface area contributed by atoms with Gasteiger partial charge in [0.05, 0.1) is 6.04 Å². The molecule has 0 aromatic rings. The Balaban J connectivity index is 1.71. The van der Waals surface area contributed by atoms with E-state index < -0.39 is 0 Å². The quantitative estimate of drug-likeness (QED) is 0.771. The fourth-order valence-electron chi connectivity index (χ4n) is 2.79. The van der Waals surface area contributed by atoms with Gasteiger partial charge in [-0.15, -0.1) is 0 Å². The average Bonchev–Trinajstić information content (AvgIpc) is 3.14. The van der Waals surface area contributed by atoms with Gasteiger partial charge < -0.3 is 10.6 Å². The van der Waals surface area contributed by atoms with E-state index in [1.54, 1.807) is 0 Å². The van der Waals surface area contributed by atoms with E-state index in [0.29, 0.717) is 12.1 Å². The van der Waals surface area contributed by atoms with Crippen molar-refractivity contribution in [3.63, 3.8) is 0 Å². The highest BCUT2D eigenvalue weighted by Crippen LogP contribution is 2.26. The number of rotatable bonds is 5. The molecule has 2 rings (SSSR count). The minimum atomic E-state index is -0.0486. The molecule has 2 N–H and O–H groups in total. The largest absolute Gasteiger partial charge is 0.352 e. The summed E-state index contributed by atoms with van der Waals surface area (Å²) in [5.41, 5.74) is 0. The molecule has 3 nitrogen and oxygen atoms in total. The van der Waals surface area contributed by atoms with Gasteiger partial charge >= 0.3 is 0 Å². The first-order valence-corrected chi connectivity index (χ1v) is 7.23. The Labute approximate surface area is 105 Å². The first-order valence-electron chi connectivity index (χ1n) is 7.23. The molecule has 0 heterocycles. The van der Waals surface area contributed by atoms with Crippen LogP contribution >= 0.6 is 0 Å². The van der Waals surface area contributed by atoms with Crippen molar-refractivity contribution in [2.45, 2.75) is 76.9 Å². The zero-order chi connectivity index (χ0) is 12.3. The molecule has 2 aliphatic rings. The molecule has 2 fully saturated rings. The van der Waals surface area contributed by atoms with E-state index in [1.165, 1.54) is 32.1 Å². The molecule has 98 valence electrons. The first kappa shape index (κ1) is 12.9. The highest BCUT2D eigenvalue weighted by molar-refractivity contribution is 5.81. The molecule has 3 heteroatoms. The predicted octanol–water partition coefficient (Wildman–Crippen LogP) is 2.21. The van der Waals surface area contributed by atoms with E-state index in [4.69, 9.17) is 0 Å². The van der Waals surface area contributed by atoms with Gasteiger partial charge in [-0.05, 0) is 45.4 Å². The second-order valence-electron chi connectivity index (χ2n) is 5.86. The summed E-state index contributed by atoms with van der Waals surface area (Å²) in [5.74, 6) is 0.940. The molecular formula is C14H26N2O. The third kappa shape index (κ3) is 3.98. The van der Waals surface area contributed by atoms with Gasteiger partial charge in [-0.3, -0.25) is 4.79 Å². The van der Waals surface area contributed by atoms with E-state index in [9.17, 15) is 4.79 Å². The average molecular weight is 238 g/mol. The standard InChI is InChI=1S/C14H26N2O/c1-10(12-6-4-3-5-7-12)15-11(2)14(17)16-13-8-9-13/h10-13,15H,3-9H2,1-2H3,(H,16,17)/t10-,11?/m1/s1. The van der Waals surface area contributed by atoms with Crippen LogP contribution in [-0.4, -0.2) is 24.0 Å². The number of hydrogen-bond donors (Lipinski definition) is 2. The summed E-state index contributed by atoms with van der Waals surface area (Å²) in [5, 5.41) is 6.53. The van der Waals surface area contributed by atoms with Crippen LogP contribution in [0.3, 0.4) is 0 Å². The van der Waals surface area contributed by atoms with Crippen LogP contribution in [0.2, 0.25) is 0 Å². The monoisotopic (exact) mass is 238 g/mol. The number of carbonyl (C=O) groups is 1. The van der Waals surface area contributed by atoms with Crippen molar-refractivity contribution >= 4 is 5.91 Å². The summed E-state index contributed by atoms with van der Waals surface area (Å²) in [6, 6.07) is 0.888. The van der Waals surface area contributed by atoms with E-state index in [1.807, 2.05) is 6.92 Å². The van der Waals surface area contributed by atoms with Gasteiger partial charge in [0.25, 0.3) is 0 Å². The molecule has 0 bridgehead atoms. The summed E-state index contributed by atoms with van der Waals surface area (Å²) in [7, 11) is 0. The Morgan fingerprint density at radius 2 is 1.71 bits per heavy atom. The Bertz CT molecular complexity index is 257. The van der Waals surface area contributed by atoms with Crippen LogP contribution in [0.15, 0.2) is 0 Å². The Morgan fingerprint density at radius 1 is 1.06 bits per heavy atom. The Morgan fingerprint density at radius 3 is 2.29 bits per heavy atom. The van der Waals surface area contributed by atoms with Crippen molar-refractivity contribution in [2.24, 2.45) is 5.92 Å². The van der Waals surface area contributed by atoms with Crippen LogP contribution in [0.5, 0.6) is 0 Å². The number of amides is 1. The smallest absolute Gasteiger partial charge is 0.237 e. The van der Waals surface area contributed by atoms with Crippen LogP contribution in [0.4, 0.5) is 0 Å². The normalized spacial score (nSPS) is 25.3. The van der Waals surface area contributed by atoms with Gasteiger partial charge in [0.1, 0.15) is 0 Å². The third-order valence-electron chi connectivity index (χ3n) is 4.19. The fourth-order valence-corrected chi connectivity index (χ4v) is 2.79. The Hall–Kier alpha value is -0.570. The maximum Gasteiger partial charge on any atom is 0.237 e. The minimum Gasteiger partial charge on any atom is -0.352 e. The lowest BCUT2D eigenvalue weighted by atomic mass is 9.84. The van der Waals surface area contributed by atoms with Crippen molar-refractivity contribution in [3.8, 4) is 0 Å². The molecule has 1 unspecified atom stereocenters. The maximum atomic E-state index is 11.8. The van der Waals surface area contributed by atoms with Crippen molar-refractivity contribution < 1.29 is 4.79 Å². The molecule has 0 saturated heterocycles. The van der Waals surface area contributed by atoms with Gasteiger partial charge in [-0.1, -0.05) is 19.3 Å². The van der Waals surface area contributed by atoms with Gasteiger partial charge in [0.2, 0.25) is 5.91 Å². The molecule has 0 aromatic heterocycles. The SMILES string of the molecule is CC(N[C@H](C)C1CCCCC1)C(=O)NC1CC1. The molecule has 1 amide bonds. The molecule has 0 spiro atoms. The van der Waals surface area contributed by atoms with Gasteiger partial charge in [0, 0.05) is 12.1 Å². The second-order valence-corrected chi connectivity index (χ2v) is 5.86. The zero-order valence-corrected chi connectivity index (χ0v) is 11.2. The van der Waals surface area contributed by atoms with E-state index in [-0.39, 0.29) is 11.9 Å². The molecule has 0 radical (unpaired) electrons. The lowest BCUT2D eigenvalue weighted by molar-refractivity contribution is -0.123. The van der Waals surface area contributed by atoms with Crippen molar-refractivity contribution in [3.05, 3.63) is 0 Å². The molecule has 17 heavy (non-hydrogen) atoms. The van der Waals surface area contributed by atoms with Crippen LogP contribution in [-0.2, 0) is 4.79 Å².